The lowest BCUT2D eigenvalue weighted by atomic mass is 9.97. The minimum Gasteiger partial charge on any atom is -0.354 e. The van der Waals surface area contributed by atoms with Gasteiger partial charge in [0.1, 0.15) is 11.4 Å². The number of hydrogen-bond donors (Lipinski definition) is 1. The maximum absolute atomic E-state index is 12.7. The highest BCUT2D eigenvalue weighted by atomic mass is 19.4. The van der Waals surface area contributed by atoms with Crippen molar-refractivity contribution in [3.8, 4) is 0 Å². The third kappa shape index (κ3) is 3.21. The zero-order valence-corrected chi connectivity index (χ0v) is 10.4. The Hall–Kier alpha value is -1.59. The number of hydrogen-bond acceptors (Lipinski definition) is 2. The highest BCUT2D eigenvalue weighted by Gasteiger charge is 2.34. The van der Waals surface area contributed by atoms with Crippen molar-refractivity contribution in [1.29, 1.82) is 0 Å². The molecule has 0 radical (unpaired) electrons. The summed E-state index contributed by atoms with van der Waals surface area (Å²) in [5, 5.41) is 2.28. The van der Waals surface area contributed by atoms with Gasteiger partial charge in [0, 0.05) is 7.05 Å². The van der Waals surface area contributed by atoms with E-state index in [-0.39, 0.29) is 11.6 Å². The van der Waals surface area contributed by atoms with Crippen LogP contribution in [0, 0.1) is 0 Å². The molecule has 1 aromatic heterocycles. The topological polar surface area (TPSA) is 42.0 Å². The number of aromatic nitrogens is 1. The summed E-state index contributed by atoms with van der Waals surface area (Å²) in [6.45, 7) is 3.68. The number of halogens is 3. The van der Waals surface area contributed by atoms with Crippen LogP contribution in [0.5, 0.6) is 0 Å². The van der Waals surface area contributed by atoms with E-state index in [1.54, 1.807) is 0 Å². The molecule has 100 valence electrons. The van der Waals surface area contributed by atoms with Crippen molar-refractivity contribution in [1.82, 2.24) is 10.3 Å². The molecule has 6 heteroatoms. The van der Waals surface area contributed by atoms with Gasteiger partial charge < -0.3 is 5.32 Å². The molecular weight excluding hydrogens is 245 g/mol. The second kappa shape index (κ2) is 5.37. The number of amides is 1. The lowest BCUT2D eigenvalue weighted by Crippen LogP contribution is -2.22. The fraction of sp³-hybridized carbons (Fsp3) is 0.500. The fourth-order valence-corrected chi connectivity index (χ4v) is 1.46. The van der Waals surface area contributed by atoms with Gasteiger partial charge >= 0.3 is 6.18 Å². The summed E-state index contributed by atoms with van der Waals surface area (Å²) in [5.41, 5.74) is -0.764. The lowest BCUT2D eigenvalue weighted by molar-refractivity contribution is -0.141. The summed E-state index contributed by atoms with van der Waals surface area (Å²) in [7, 11) is 1.35. The van der Waals surface area contributed by atoms with Crippen LogP contribution in [0.15, 0.2) is 12.1 Å². The van der Waals surface area contributed by atoms with Crippen LogP contribution >= 0.6 is 0 Å². The van der Waals surface area contributed by atoms with E-state index >= 15 is 0 Å². The van der Waals surface area contributed by atoms with Gasteiger partial charge in [-0.25, -0.2) is 4.98 Å². The SMILES string of the molecule is CCC(C)c1cc(C(=O)NC)nc(C(F)(F)F)c1. The fourth-order valence-electron chi connectivity index (χ4n) is 1.46. The summed E-state index contributed by atoms with van der Waals surface area (Å²) >= 11 is 0. The van der Waals surface area contributed by atoms with Gasteiger partial charge in [-0.3, -0.25) is 4.79 Å². The van der Waals surface area contributed by atoms with Gasteiger partial charge in [-0.15, -0.1) is 0 Å². The van der Waals surface area contributed by atoms with Crippen molar-refractivity contribution >= 4 is 5.91 Å². The molecule has 1 aromatic rings. The lowest BCUT2D eigenvalue weighted by Gasteiger charge is -2.14. The monoisotopic (exact) mass is 260 g/mol. The molecule has 1 N–H and O–H groups in total. The molecule has 1 amide bonds. The quantitative estimate of drug-likeness (QED) is 0.907. The van der Waals surface area contributed by atoms with Crippen molar-refractivity contribution in [2.24, 2.45) is 0 Å². The predicted molar refractivity (Wildman–Crippen MR) is 61.3 cm³/mol. The van der Waals surface area contributed by atoms with Crippen molar-refractivity contribution in [2.75, 3.05) is 7.05 Å². The summed E-state index contributed by atoms with van der Waals surface area (Å²) in [5.74, 6) is -0.678. The van der Waals surface area contributed by atoms with E-state index in [1.807, 2.05) is 13.8 Å². The van der Waals surface area contributed by atoms with Crippen LogP contribution in [0.4, 0.5) is 13.2 Å². The zero-order chi connectivity index (χ0) is 13.9. The van der Waals surface area contributed by atoms with E-state index in [1.165, 1.54) is 13.1 Å². The standard InChI is InChI=1S/C12H15F3N2O/c1-4-7(2)8-5-9(11(18)16-3)17-10(6-8)12(13,14)15/h5-7H,4H2,1-3H3,(H,16,18). The van der Waals surface area contributed by atoms with Crippen LogP contribution in [-0.4, -0.2) is 17.9 Å². The maximum atomic E-state index is 12.7. The molecule has 0 fully saturated rings. The van der Waals surface area contributed by atoms with E-state index in [0.717, 1.165) is 6.07 Å². The third-order valence-electron chi connectivity index (χ3n) is 2.78. The molecule has 0 aliphatic rings. The van der Waals surface area contributed by atoms with Gasteiger partial charge in [0.05, 0.1) is 0 Å². The Bertz CT molecular complexity index is 443. The minimum absolute atomic E-state index is 0.0579. The average Bonchev–Trinajstić information content (AvgIpc) is 2.35. The highest BCUT2D eigenvalue weighted by Crippen LogP contribution is 2.30. The maximum Gasteiger partial charge on any atom is 0.433 e. The number of rotatable bonds is 3. The first-order chi connectivity index (χ1) is 8.29. The van der Waals surface area contributed by atoms with Gasteiger partial charge in [0.25, 0.3) is 5.91 Å². The molecule has 0 aromatic carbocycles. The molecule has 0 aliphatic carbocycles. The van der Waals surface area contributed by atoms with Crippen molar-refractivity contribution in [2.45, 2.75) is 32.4 Å². The second-order valence-corrected chi connectivity index (χ2v) is 4.06. The van der Waals surface area contributed by atoms with Crippen molar-refractivity contribution in [3.05, 3.63) is 29.1 Å². The van der Waals surface area contributed by atoms with Gasteiger partial charge in [0.15, 0.2) is 0 Å². The number of nitrogens with one attached hydrogen (secondary N) is 1. The molecule has 0 bridgehead atoms. The van der Waals surface area contributed by atoms with Crippen LogP contribution in [0.3, 0.4) is 0 Å². The zero-order valence-electron chi connectivity index (χ0n) is 10.4. The number of alkyl halides is 3. The number of pyridine rings is 1. The molecule has 1 unspecified atom stereocenters. The molecule has 0 spiro atoms. The van der Waals surface area contributed by atoms with E-state index in [2.05, 4.69) is 10.3 Å². The number of carbonyl (C=O) groups is 1. The van der Waals surface area contributed by atoms with Crippen LogP contribution in [0.2, 0.25) is 0 Å². The minimum atomic E-state index is -4.55. The molecule has 18 heavy (non-hydrogen) atoms. The molecule has 1 heterocycles. The Morgan fingerprint density at radius 2 is 2.06 bits per heavy atom. The molecule has 3 nitrogen and oxygen atoms in total. The Balaban J connectivity index is 3.33. The van der Waals surface area contributed by atoms with Gasteiger partial charge in [-0.1, -0.05) is 13.8 Å². The first-order valence-corrected chi connectivity index (χ1v) is 5.60. The summed E-state index contributed by atoms with van der Waals surface area (Å²) in [4.78, 5) is 14.8. The Morgan fingerprint density at radius 1 is 1.44 bits per heavy atom. The normalized spacial score (nSPS) is 13.2. The van der Waals surface area contributed by atoms with Crippen LogP contribution in [0.1, 0.15) is 47.9 Å². The predicted octanol–water partition coefficient (Wildman–Crippen LogP) is 2.97. The first-order valence-electron chi connectivity index (χ1n) is 5.60. The number of nitrogens with zero attached hydrogens (tertiary/aromatic N) is 1. The van der Waals surface area contributed by atoms with Gasteiger partial charge in [0.2, 0.25) is 0 Å². The summed E-state index contributed by atoms with van der Waals surface area (Å²) in [6.07, 6.45) is -3.86. The van der Waals surface area contributed by atoms with E-state index < -0.39 is 17.8 Å². The highest BCUT2D eigenvalue weighted by molar-refractivity contribution is 5.92. The third-order valence-corrected chi connectivity index (χ3v) is 2.78. The molecule has 1 atom stereocenters. The van der Waals surface area contributed by atoms with Crippen molar-refractivity contribution in [3.63, 3.8) is 0 Å². The molecular formula is C12H15F3N2O. The van der Waals surface area contributed by atoms with Crippen molar-refractivity contribution < 1.29 is 18.0 Å². The Kier molecular flexibility index (Phi) is 4.32. The largest absolute Gasteiger partial charge is 0.433 e. The van der Waals surface area contributed by atoms with Crippen LogP contribution < -0.4 is 5.32 Å². The Morgan fingerprint density at radius 3 is 2.50 bits per heavy atom. The van der Waals surface area contributed by atoms with Crippen LogP contribution in [0.25, 0.3) is 0 Å². The smallest absolute Gasteiger partial charge is 0.354 e. The molecule has 0 saturated carbocycles. The average molecular weight is 260 g/mol. The second-order valence-electron chi connectivity index (χ2n) is 4.06. The van der Waals surface area contributed by atoms with Crippen LogP contribution in [-0.2, 0) is 6.18 Å². The molecule has 1 rings (SSSR count). The summed E-state index contributed by atoms with van der Waals surface area (Å²) in [6, 6.07) is 2.41. The molecule has 0 saturated heterocycles. The number of carbonyl (C=O) groups excluding carboxylic acids is 1. The van der Waals surface area contributed by atoms with E-state index in [4.69, 9.17) is 0 Å². The van der Waals surface area contributed by atoms with Gasteiger partial charge in [-0.05, 0) is 30.0 Å². The van der Waals surface area contributed by atoms with E-state index in [0.29, 0.717) is 12.0 Å². The van der Waals surface area contributed by atoms with E-state index in [9.17, 15) is 18.0 Å². The molecule has 0 aliphatic heterocycles. The first kappa shape index (κ1) is 14.5. The Labute approximate surface area is 103 Å². The van der Waals surface area contributed by atoms with Gasteiger partial charge in [-0.2, -0.15) is 13.2 Å². The summed E-state index contributed by atoms with van der Waals surface area (Å²) < 4.78 is 38.1.